The van der Waals surface area contributed by atoms with Crippen LogP contribution in [0.25, 0.3) is 0 Å². The molecule has 0 atom stereocenters. The number of aryl methyl sites for hydroxylation is 2. The quantitative estimate of drug-likeness (QED) is 0.397. The van der Waals surface area contributed by atoms with E-state index in [1.165, 1.54) is 5.56 Å². The summed E-state index contributed by atoms with van der Waals surface area (Å²) in [4.78, 5) is 4.80. The molecule has 0 unspecified atom stereocenters. The molecule has 0 aliphatic carbocycles. The Balaban J connectivity index is 1.83. The number of anilines is 2. The number of pyridine rings is 1. The van der Waals surface area contributed by atoms with E-state index in [1.807, 2.05) is 30.3 Å². The molecule has 30 heavy (non-hydrogen) atoms. The van der Waals surface area contributed by atoms with Gasteiger partial charge in [-0.25, -0.2) is 4.98 Å². The molecular formula is C25H29BrN2O2. The molecule has 3 aromatic rings. The van der Waals surface area contributed by atoms with Crippen LogP contribution in [0.1, 0.15) is 47.7 Å². The highest BCUT2D eigenvalue weighted by Gasteiger charge is 2.14. The number of methoxy groups -OCH3 is 1. The Morgan fingerprint density at radius 2 is 1.73 bits per heavy atom. The second kappa shape index (κ2) is 9.52. The van der Waals surface area contributed by atoms with Gasteiger partial charge in [0.1, 0.15) is 23.9 Å². The average molecular weight is 469 g/mol. The van der Waals surface area contributed by atoms with Crippen LogP contribution in [0.4, 0.5) is 11.5 Å². The maximum atomic E-state index is 6.12. The summed E-state index contributed by atoms with van der Waals surface area (Å²) < 4.78 is 12.3. The Morgan fingerprint density at radius 1 is 1.03 bits per heavy atom. The van der Waals surface area contributed by atoms with Crippen LogP contribution >= 0.6 is 15.9 Å². The second-order valence-electron chi connectivity index (χ2n) is 7.79. The SMILES string of the molecule is COc1ccc(COc2ccc(C)c(Nc3nc(C)c(C(C)C)cc3Br)c2C)cc1. The van der Waals surface area contributed by atoms with Gasteiger partial charge in [0.25, 0.3) is 0 Å². The highest BCUT2D eigenvalue weighted by atomic mass is 79.9. The number of nitrogens with zero attached hydrogens (tertiary/aromatic N) is 1. The van der Waals surface area contributed by atoms with Crippen molar-refractivity contribution in [2.75, 3.05) is 12.4 Å². The molecule has 2 aromatic carbocycles. The lowest BCUT2D eigenvalue weighted by atomic mass is 10.0. The number of benzene rings is 2. The van der Waals surface area contributed by atoms with Crippen LogP contribution in [0.5, 0.6) is 11.5 Å². The Hall–Kier alpha value is -2.53. The molecule has 0 radical (unpaired) electrons. The first-order valence-electron chi connectivity index (χ1n) is 10.1. The average Bonchev–Trinajstić information content (AvgIpc) is 2.72. The zero-order chi connectivity index (χ0) is 21.8. The van der Waals surface area contributed by atoms with Crippen LogP contribution < -0.4 is 14.8 Å². The van der Waals surface area contributed by atoms with E-state index < -0.39 is 0 Å². The zero-order valence-electron chi connectivity index (χ0n) is 18.5. The summed E-state index contributed by atoms with van der Waals surface area (Å²) in [6.45, 7) is 11.1. The molecule has 0 fully saturated rings. The summed E-state index contributed by atoms with van der Waals surface area (Å²) in [5.74, 6) is 2.94. The molecule has 1 aromatic heterocycles. The van der Waals surface area contributed by atoms with Gasteiger partial charge in [0, 0.05) is 16.9 Å². The van der Waals surface area contributed by atoms with E-state index in [4.69, 9.17) is 14.5 Å². The van der Waals surface area contributed by atoms with E-state index in [9.17, 15) is 0 Å². The van der Waals surface area contributed by atoms with Crippen LogP contribution in [0.3, 0.4) is 0 Å². The predicted octanol–water partition coefficient (Wildman–Crippen LogP) is 7.22. The number of halogens is 1. The van der Waals surface area contributed by atoms with Gasteiger partial charge < -0.3 is 14.8 Å². The fraction of sp³-hybridized carbons (Fsp3) is 0.320. The molecular weight excluding hydrogens is 440 g/mol. The molecule has 0 spiro atoms. The van der Waals surface area contributed by atoms with Crippen molar-refractivity contribution < 1.29 is 9.47 Å². The minimum absolute atomic E-state index is 0.431. The first kappa shape index (κ1) is 22.2. The number of nitrogens with one attached hydrogen (secondary N) is 1. The van der Waals surface area contributed by atoms with Gasteiger partial charge in [0.05, 0.1) is 11.6 Å². The highest BCUT2D eigenvalue weighted by Crippen LogP contribution is 2.35. The van der Waals surface area contributed by atoms with Gasteiger partial charge in [0.15, 0.2) is 0 Å². The van der Waals surface area contributed by atoms with Crippen LogP contribution in [0.2, 0.25) is 0 Å². The smallest absolute Gasteiger partial charge is 0.145 e. The van der Waals surface area contributed by atoms with Gasteiger partial charge in [-0.2, -0.15) is 0 Å². The lowest BCUT2D eigenvalue weighted by Gasteiger charge is -2.19. The fourth-order valence-electron chi connectivity index (χ4n) is 3.45. The van der Waals surface area contributed by atoms with Crippen molar-refractivity contribution in [1.82, 2.24) is 4.98 Å². The Labute approximate surface area is 187 Å². The Kier molecular flexibility index (Phi) is 7.03. The molecule has 0 aliphatic heterocycles. The summed E-state index contributed by atoms with van der Waals surface area (Å²) in [5.41, 5.74) is 6.60. The molecule has 0 amide bonds. The molecule has 0 saturated heterocycles. The van der Waals surface area contributed by atoms with Gasteiger partial charge in [-0.05, 0) is 83.6 Å². The molecule has 158 valence electrons. The standard InChI is InChI=1S/C25H29BrN2O2/c1-15(2)21-13-22(26)25(27-18(21)5)28-24-16(3)7-12-23(17(24)4)30-14-19-8-10-20(29-6)11-9-19/h7-13,15H,14H2,1-6H3,(H,27,28). The summed E-state index contributed by atoms with van der Waals surface area (Å²) in [7, 11) is 1.67. The Bertz CT molecular complexity index is 1030. The van der Waals surface area contributed by atoms with E-state index in [0.717, 1.165) is 49.9 Å². The van der Waals surface area contributed by atoms with Gasteiger partial charge in [-0.3, -0.25) is 0 Å². The third-order valence-corrected chi connectivity index (χ3v) is 5.85. The lowest BCUT2D eigenvalue weighted by Crippen LogP contribution is -2.05. The Morgan fingerprint density at radius 3 is 2.37 bits per heavy atom. The molecule has 3 rings (SSSR count). The fourth-order valence-corrected chi connectivity index (χ4v) is 3.88. The van der Waals surface area contributed by atoms with E-state index in [0.29, 0.717) is 12.5 Å². The van der Waals surface area contributed by atoms with E-state index >= 15 is 0 Å². The van der Waals surface area contributed by atoms with Crippen molar-refractivity contribution in [2.45, 2.75) is 47.1 Å². The van der Waals surface area contributed by atoms with Crippen molar-refractivity contribution in [1.29, 1.82) is 0 Å². The molecule has 4 nitrogen and oxygen atoms in total. The monoisotopic (exact) mass is 468 g/mol. The highest BCUT2D eigenvalue weighted by molar-refractivity contribution is 9.10. The van der Waals surface area contributed by atoms with Crippen molar-refractivity contribution in [3.8, 4) is 11.5 Å². The summed E-state index contributed by atoms with van der Waals surface area (Å²) in [6, 6.07) is 14.2. The van der Waals surface area contributed by atoms with Crippen molar-refractivity contribution >= 4 is 27.4 Å². The van der Waals surface area contributed by atoms with Gasteiger partial charge in [-0.15, -0.1) is 0 Å². The third kappa shape index (κ3) is 4.96. The van der Waals surface area contributed by atoms with Gasteiger partial charge in [0.2, 0.25) is 0 Å². The predicted molar refractivity (Wildman–Crippen MR) is 127 cm³/mol. The third-order valence-electron chi connectivity index (χ3n) is 5.25. The first-order valence-corrected chi connectivity index (χ1v) is 10.9. The number of hydrogen-bond donors (Lipinski definition) is 1. The maximum absolute atomic E-state index is 6.12. The van der Waals surface area contributed by atoms with Crippen LogP contribution in [-0.4, -0.2) is 12.1 Å². The molecule has 0 saturated carbocycles. The van der Waals surface area contributed by atoms with Crippen LogP contribution in [0.15, 0.2) is 46.9 Å². The van der Waals surface area contributed by atoms with Gasteiger partial charge >= 0.3 is 0 Å². The minimum Gasteiger partial charge on any atom is -0.497 e. The lowest BCUT2D eigenvalue weighted by molar-refractivity contribution is 0.304. The van der Waals surface area contributed by atoms with E-state index in [1.54, 1.807) is 7.11 Å². The number of aromatic nitrogens is 1. The summed E-state index contributed by atoms with van der Waals surface area (Å²) in [5, 5.41) is 3.51. The summed E-state index contributed by atoms with van der Waals surface area (Å²) in [6.07, 6.45) is 0. The molecule has 0 aliphatic rings. The molecule has 1 heterocycles. The number of rotatable bonds is 7. The minimum atomic E-state index is 0.431. The molecule has 1 N–H and O–H groups in total. The summed E-state index contributed by atoms with van der Waals surface area (Å²) >= 11 is 3.68. The van der Waals surface area contributed by atoms with E-state index in [-0.39, 0.29) is 0 Å². The first-order chi connectivity index (χ1) is 14.3. The van der Waals surface area contributed by atoms with Crippen molar-refractivity contribution in [3.05, 3.63) is 74.9 Å². The topological polar surface area (TPSA) is 43.4 Å². The molecule has 0 bridgehead atoms. The maximum Gasteiger partial charge on any atom is 0.145 e. The van der Waals surface area contributed by atoms with Crippen LogP contribution in [0, 0.1) is 20.8 Å². The number of ether oxygens (including phenoxy) is 2. The molecule has 5 heteroatoms. The largest absolute Gasteiger partial charge is 0.497 e. The normalized spacial score (nSPS) is 10.9. The second-order valence-corrected chi connectivity index (χ2v) is 8.64. The zero-order valence-corrected chi connectivity index (χ0v) is 20.1. The van der Waals surface area contributed by atoms with Crippen LogP contribution in [-0.2, 0) is 6.61 Å². The van der Waals surface area contributed by atoms with Crippen molar-refractivity contribution in [3.63, 3.8) is 0 Å². The van der Waals surface area contributed by atoms with Crippen molar-refractivity contribution in [2.24, 2.45) is 0 Å². The van der Waals surface area contributed by atoms with Gasteiger partial charge in [-0.1, -0.05) is 32.0 Å². The number of hydrogen-bond acceptors (Lipinski definition) is 4. The van der Waals surface area contributed by atoms with E-state index in [2.05, 4.69) is 68.0 Å².